The lowest BCUT2D eigenvalue weighted by Crippen LogP contribution is -2.48. The average Bonchev–Trinajstić information content (AvgIpc) is 2.32. The lowest BCUT2D eigenvalue weighted by atomic mass is 9.96. The first-order chi connectivity index (χ1) is 8.00. The Hall–Kier alpha value is -0.940. The molecule has 0 aliphatic heterocycles. The maximum absolute atomic E-state index is 12.6. The van der Waals surface area contributed by atoms with Gasteiger partial charge in [0.15, 0.2) is 5.54 Å². The van der Waals surface area contributed by atoms with E-state index in [1.807, 2.05) is 0 Å². The summed E-state index contributed by atoms with van der Waals surface area (Å²) in [5.41, 5.74) is 9.73. The average molecular weight is 246 g/mol. The van der Waals surface area contributed by atoms with E-state index in [1.165, 1.54) is 6.08 Å². The van der Waals surface area contributed by atoms with Gasteiger partial charge in [-0.15, -0.1) is 0 Å². The van der Waals surface area contributed by atoms with Gasteiger partial charge < -0.3 is 16.6 Å². The number of unbranched alkanes of at least 4 members (excludes halogenated alkanes) is 3. The number of rotatable bonds is 9. The fourth-order valence-electron chi connectivity index (χ4n) is 1.53. The van der Waals surface area contributed by atoms with E-state index in [1.54, 1.807) is 0 Å². The molecule has 0 aromatic heterocycles. The number of hydrogen-bond acceptors (Lipinski definition) is 3. The summed E-state index contributed by atoms with van der Waals surface area (Å²) in [6, 6.07) is 0. The minimum Gasteiger partial charge on any atom is -0.480 e. The minimum atomic E-state index is -1.93. The van der Waals surface area contributed by atoms with Crippen LogP contribution in [0.1, 0.15) is 39.0 Å². The Balaban J connectivity index is 4.46. The molecule has 1 unspecified atom stereocenters. The highest BCUT2D eigenvalue weighted by molar-refractivity contribution is 5.81. The Morgan fingerprint density at radius 2 is 2.06 bits per heavy atom. The van der Waals surface area contributed by atoms with Crippen LogP contribution in [0.4, 0.5) is 4.39 Å². The normalized spacial score (nSPS) is 15.6. The van der Waals surface area contributed by atoms with Gasteiger partial charge in [0, 0.05) is 6.54 Å². The number of nitrogens with two attached hydrogens (primary N) is 2. The van der Waals surface area contributed by atoms with Crippen molar-refractivity contribution >= 4 is 5.97 Å². The zero-order valence-electron chi connectivity index (χ0n) is 10.4. The maximum Gasteiger partial charge on any atom is 0.330 e. The van der Waals surface area contributed by atoms with Crippen molar-refractivity contribution in [1.29, 1.82) is 0 Å². The quantitative estimate of drug-likeness (QED) is 0.426. The molecular formula is C12H23FN2O2. The number of hydrogen-bond donors (Lipinski definition) is 3. The Bertz CT molecular complexity index is 269. The smallest absolute Gasteiger partial charge is 0.330 e. The second-order valence-corrected chi connectivity index (χ2v) is 4.30. The molecule has 5 N–H and O–H groups in total. The van der Waals surface area contributed by atoms with Gasteiger partial charge in [0.2, 0.25) is 0 Å². The molecule has 0 aromatic rings. The van der Waals surface area contributed by atoms with Crippen LogP contribution in [0.15, 0.2) is 11.6 Å². The molecule has 0 saturated carbocycles. The molecule has 0 rings (SSSR count). The van der Waals surface area contributed by atoms with E-state index in [0.717, 1.165) is 25.7 Å². The molecule has 0 bridgehead atoms. The van der Waals surface area contributed by atoms with Crippen molar-refractivity contribution in [2.75, 3.05) is 13.2 Å². The zero-order valence-corrected chi connectivity index (χ0v) is 10.4. The minimum absolute atomic E-state index is 0.221. The molecular weight excluding hydrogens is 223 g/mol. The lowest BCUT2D eigenvalue weighted by molar-refractivity contribution is -0.141. The van der Waals surface area contributed by atoms with Gasteiger partial charge in [0.05, 0.1) is 0 Å². The van der Waals surface area contributed by atoms with E-state index >= 15 is 0 Å². The monoisotopic (exact) mass is 246 g/mol. The Morgan fingerprint density at radius 3 is 2.47 bits per heavy atom. The third kappa shape index (κ3) is 5.79. The van der Waals surface area contributed by atoms with Crippen molar-refractivity contribution in [3.05, 3.63) is 11.6 Å². The molecule has 0 saturated heterocycles. The summed E-state index contributed by atoms with van der Waals surface area (Å²) in [5, 5.41) is 8.84. The van der Waals surface area contributed by atoms with Crippen molar-refractivity contribution in [2.24, 2.45) is 11.5 Å². The van der Waals surface area contributed by atoms with Gasteiger partial charge in [-0.1, -0.05) is 37.8 Å². The number of halogens is 1. The van der Waals surface area contributed by atoms with E-state index in [2.05, 4.69) is 6.92 Å². The van der Waals surface area contributed by atoms with Crippen LogP contribution >= 0.6 is 0 Å². The van der Waals surface area contributed by atoms with Crippen molar-refractivity contribution < 1.29 is 14.3 Å². The van der Waals surface area contributed by atoms with Crippen LogP contribution in [0.5, 0.6) is 0 Å². The number of aliphatic carboxylic acids is 1. The molecule has 0 amide bonds. The summed E-state index contributed by atoms with van der Waals surface area (Å²) in [4.78, 5) is 10.8. The fraction of sp³-hybridized carbons (Fsp3) is 0.750. The Morgan fingerprint density at radius 1 is 1.41 bits per heavy atom. The summed E-state index contributed by atoms with van der Waals surface area (Å²) in [6.45, 7) is 1.21. The van der Waals surface area contributed by atoms with Crippen molar-refractivity contribution in [3.63, 3.8) is 0 Å². The summed E-state index contributed by atoms with van der Waals surface area (Å²) in [6.07, 6.45) is 6.20. The molecule has 4 nitrogen and oxygen atoms in total. The molecule has 0 aliphatic rings. The van der Waals surface area contributed by atoms with Gasteiger partial charge in [-0.25, -0.2) is 9.18 Å². The molecule has 5 heteroatoms. The second kappa shape index (κ2) is 8.20. The van der Waals surface area contributed by atoms with E-state index < -0.39 is 18.2 Å². The van der Waals surface area contributed by atoms with E-state index in [-0.39, 0.29) is 6.54 Å². The van der Waals surface area contributed by atoms with Crippen LogP contribution in [-0.4, -0.2) is 29.8 Å². The first-order valence-corrected chi connectivity index (χ1v) is 5.99. The maximum atomic E-state index is 12.6. The molecule has 100 valence electrons. The van der Waals surface area contributed by atoms with Crippen LogP contribution in [-0.2, 0) is 4.79 Å². The molecule has 1 atom stereocenters. The molecule has 0 radical (unpaired) electrons. The van der Waals surface area contributed by atoms with Gasteiger partial charge in [-0.3, -0.25) is 0 Å². The molecule has 17 heavy (non-hydrogen) atoms. The highest BCUT2D eigenvalue weighted by Gasteiger charge is 2.31. The van der Waals surface area contributed by atoms with Gasteiger partial charge in [0.1, 0.15) is 6.67 Å². The van der Waals surface area contributed by atoms with Gasteiger partial charge in [-0.05, 0) is 12.8 Å². The van der Waals surface area contributed by atoms with Crippen molar-refractivity contribution in [1.82, 2.24) is 0 Å². The molecule has 0 spiro atoms. The lowest BCUT2D eigenvalue weighted by Gasteiger charge is -2.18. The predicted molar refractivity (Wildman–Crippen MR) is 66.4 cm³/mol. The van der Waals surface area contributed by atoms with Gasteiger partial charge in [-0.2, -0.15) is 0 Å². The zero-order chi connectivity index (χ0) is 13.3. The number of carbonyl (C=O) groups is 1. The van der Waals surface area contributed by atoms with E-state index in [4.69, 9.17) is 16.6 Å². The first kappa shape index (κ1) is 16.1. The SMILES string of the molecule is CCCCCC/C(=C\C(N)(CF)C(=O)O)CN. The van der Waals surface area contributed by atoms with Gasteiger partial charge >= 0.3 is 5.97 Å². The topological polar surface area (TPSA) is 89.3 Å². The van der Waals surface area contributed by atoms with Crippen LogP contribution in [0.2, 0.25) is 0 Å². The molecule has 0 fully saturated rings. The van der Waals surface area contributed by atoms with Crippen molar-refractivity contribution in [2.45, 2.75) is 44.6 Å². The summed E-state index contributed by atoms with van der Waals surface area (Å²) in [7, 11) is 0. The second-order valence-electron chi connectivity index (χ2n) is 4.30. The predicted octanol–water partition coefficient (Wildman–Crippen LogP) is 1.59. The highest BCUT2D eigenvalue weighted by Crippen LogP contribution is 2.14. The first-order valence-electron chi connectivity index (χ1n) is 5.99. The Kier molecular flexibility index (Phi) is 7.74. The van der Waals surface area contributed by atoms with E-state index in [9.17, 15) is 9.18 Å². The largest absolute Gasteiger partial charge is 0.480 e. The van der Waals surface area contributed by atoms with Crippen LogP contribution in [0.25, 0.3) is 0 Å². The standard InChI is InChI=1S/C12H23FN2O2/c1-2-3-4-5-6-10(8-14)7-12(15,9-13)11(16)17/h7H,2-6,8-9,14-15H2,1H3,(H,16,17)/b10-7+. The summed E-state index contributed by atoms with van der Waals surface area (Å²) >= 11 is 0. The summed E-state index contributed by atoms with van der Waals surface area (Å²) in [5.74, 6) is -1.36. The van der Waals surface area contributed by atoms with Gasteiger partial charge in [0.25, 0.3) is 0 Å². The molecule has 0 aromatic carbocycles. The van der Waals surface area contributed by atoms with E-state index in [0.29, 0.717) is 12.0 Å². The van der Waals surface area contributed by atoms with Crippen molar-refractivity contribution in [3.8, 4) is 0 Å². The summed E-state index contributed by atoms with van der Waals surface area (Å²) < 4.78 is 12.6. The van der Waals surface area contributed by atoms with Crippen LogP contribution in [0.3, 0.4) is 0 Å². The highest BCUT2D eigenvalue weighted by atomic mass is 19.1. The molecule has 0 heterocycles. The van der Waals surface area contributed by atoms with Crippen LogP contribution in [0, 0.1) is 0 Å². The fourth-order valence-corrected chi connectivity index (χ4v) is 1.53. The number of carboxylic acid groups (broad SMARTS) is 1. The Labute approximate surface area is 102 Å². The third-order valence-corrected chi connectivity index (χ3v) is 2.69. The molecule has 0 aliphatic carbocycles. The number of carboxylic acids is 1. The van der Waals surface area contributed by atoms with Crippen LogP contribution < -0.4 is 11.5 Å². The third-order valence-electron chi connectivity index (χ3n) is 2.69. The number of alkyl halides is 1.